The first kappa shape index (κ1) is 10.9. The first-order valence-corrected chi connectivity index (χ1v) is 5.80. The van der Waals surface area contributed by atoms with Crippen LogP contribution in [0.2, 0.25) is 0 Å². The van der Waals surface area contributed by atoms with Gasteiger partial charge in [0.2, 0.25) is 0 Å². The van der Waals surface area contributed by atoms with Gasteiger partial charge in [-0.05, 0) is 13.3 Å². The second kappa shape index (κ2) is 4.36. The number of ether oxygens (including phenoxy) is 1. The molecule has 78 valence electrons. The molecule has 1 fully saturated rings. The first-order chi connectivity index (χ1) is 6.06. The number of hydrogen-bond acceptors (Lipinski definition) is 3. The zero-order valence-corrected chi connectivity index (χ0v) is 8.80. The van der Waals surface area contributed by atoms with E-state index >= 15 is 0 Å². The van der Waals surface area contributed by atoms with Crippen molar-refractivity contribution in [1.82, 2.24) is 9.03 Å². The van der Waals surface area contributed by atoms with Gasteiger partial charge < -0.3 is 4.74 Å². The number of hydrogen-bond donors (Lipinski definition) is 1. The molecule has 0 amide bonds. The average molecular weight is 208 g/mol. The second-order valence-electron chi connectivity index (χ2n) is 3.10. The summed E-state index contributed by atoms with van der Waals surface area (Å²) < 4.78 is 31.9. The van der Waals surface area contributed by atoms with E-state index in [2.05, 4.69) is 4.72 Å². The third-order valence-corrected chi connectivity index (χ3v) is 3.54. The first-order valence-electron chi connectivity index (χ1n) is 4.36. The van der Waals surface area contributed by atoms with E-state index in [1.807, 2.05) is 6.92 Å². The topological polar surface area (TPSA) is 58.6 Å². The smallest absolute Gasteiger partial charge is 0.279 e. The van der Waals surface area contributed by atoms with Gasteiger partial charge in [-0.2, -0.15) is 12.7 Å². The van der Waals surface area contributed by atoms with Crippen molar-refractivity contribution in [2.75, 3.05) is 26.7 Å². The van der Waals surface area contributed by atoms with Gasteiger partial charge in [-0.15, -0.1) is 0 Å². The Kier molecular flexibility index (Phi) is 3.66. The molecule has 1 heterocycles. The molecule has 1 aliphatic rings. The number of nitrogens with one attached hydrogen (secondary N) is 1. The Morgan fingerprint density at radius 2 is 2.23 bits per heavy atom. The highest BCUT2D eigenvalue weighted by Gasteiger charge is 2.24. The van der Waals surface area contributed by atoms with Gasteiger partial charge in [0.25, 0.3) is 10.2 Å². The molecule has 0 spiro atoms. The van der Waals surface area contributed by atoms with Crippen molar-refractivity contribution in [3.8, 4) is 0 Å². The lowest BCUT2D eigenvalue weighted by molar-refractivity contribution is 0.0751. The van der Waals surface area contributed by atoms with Crippen LogP contribution in [0.4, 0.5) is 0 Å². The van der Waals surface area contributed by atoms with Crippen molar-refractivity contribution in [2.24, 2.45) is 0 Å². The standard InChI is InChI=1S/C7H16N2O3S/c1-7-6-9(4-3-5-12-7)13(10,11)8-2/h7-8H,3-6H2,1-2H3. The van der Waals surface area contributed by atoms with Gasteiger partial charge in [0.05, 0.1) is 6.10 Å². The highest BCUT2D eigenvalue weighted by atomic mass is 32.2. The molecule has 0 aliphatic carbocycles. The van der Waals surface area contributed by atoms with Gasteiger partial charge in [-0.1, -0.05) is 0 Å². The number of rotatable bonds is 2. The molecule has 0 aromatic rings. The minimum absolute atomic E-state index is 0.0226. The molecule has 0 aromatic heterocycles. The Morgan fingerprint density at radius 1 is 1.54 bits per heavy atom. The summed E-state index contributed by atoms with van der Waals surface area (Å²) in [4.78, 5) is 0. The minimum atomic E-state index is -3.27. The van der Waals surface area contributed by atoms with E-state index in [0.29, 0.717) is 19.7 Å². The fourth-order valence-corrected chi connectivity index (χ4v) is 2.34. The highest BCUT2D eigenvalue weighted by Crippen LogP contribution is 2.08. The van der Waals surface area contributed by atoms with Crippen LogP contribution in [-0.2, 0) is 14.9 Å². The van der Waals surface area contributed by atoms with E-state index in [9.17, 15) is 8.42 Å². The molecule has 5 nitrogen and oxygen atoms in total. The van der Waals surface area contributed by atoms with Crippen molar-refractivity contribution >= 4 is 10.2 Å². The Balaban J connectivity index is 2.68. The minimum Gasteiger partial charge on any atom is -0.377 e. The summed E-state index contributed by atoms with van der Waals surface area (Å²) >= 11 is 0. The van der Waals surface area contributed by atoms with Crippen molar-refractivity contribution < 1.29 is 13.2 Å². The molecule has 0 aromatic carbocycles. The summed E-state index contributed by atoms with van der Waals surface area (Å²) in [7, 11) is -1.85. The average Bonchev–Trinajstić information content (AvgIpc) is 2.30. The third-order valence-electron chi connectivity index (χ3n) is 2.01. The molecule has 0 saturated carbocycles. The van der Waals surface area contributed by atoms with Crippen LogP contribution in [0.3, 0.4) is 0 Å². The summed E-state index contributed by atoms with van der Waals surface area (Å²) in [5.41, 5.74) is 0. The van der Waals surface area contributed by atoms with Gasteiger partial charge in [0.1, 0.15) is 0 Å². The molecule has 1 aliphatic heterocycles. The van der Waals surface area contributed by atoms with E-state index in [1.165, 1.54) is 11.4 Å². The quantitative estimate of drug-likeness (QED) is 0.669. The molecule has 1 N–H and O–H groups in total. The largest absolute Gasteiger partial charge is 0.377 e. The Hall–Kier alpha value is -0.170. The van der Waals surface area contributed by atoms with Crippen LogP contribution in [0.25, 0.3) is 0 Å². The molecule has 1 unspecified atom stereocenters. The molecular formula is C7H16N2O3S. The van der Waals surface area contributed by atoms with E-state index in [0.717, 1.165) is 6.42 Å². The molecular weight excluding hydrogens is 192 g/mol. The Labute approximate surface area is 79.2 Å². The van der Waals surface area contributed by atoms with E-state index in [4.69, 9.17) is 4.74 Å². The summed E-state index contributed by atoms with van der Waals surface area (Å²) in [5, 5.41) is 0. The maximum Gasteiger partial charge on any atom is 0.279 e. The molecule has 13 heavy (non-hydrogen) atoms. The van der Waals surface area contributed by atoms with Gasteiger partial charge in [0.15, 0.2) is 0 Å². The van der Waals surface area contributed by atoms with Crippen LogP contribution in [0.5, 0.6) is 0 Å². The van der Waals surface area contributed by atoms with Gasteiger partial charge in [-0.3, -0.25) is 0 Å². The van der Waals surface area contributed by atoms with Crippen LogP contribution < -0.4 is 4.72 Å². The van der Waals surface area contributed by atoms with Crippen molar-refractivity contribution in [2.45, 2.75) is 19.4 Å². The summed E-state index contributed by atoms with van der Waals surface area (Å²) in [6.45, 7) is 3.48. The Bertz CT molecular complexity index is 252. The number of nitrogens with zero attached hydrogens (tertiary/aromatic N) is 1. The van der Waals surface area contributed by atoms with Crippen LogP contribution in [0.1, 0.15) is 13.3 Å². The normalized spacial score (nSPS) is 27.1. The lowest BCUT2D eigenvalue weighted by Gasteiger charge is -2.20. The molecule has 1 saturated heterocycles. The van der Waals surface area contributed by atoms with Gasteiger partial charge in [-0.25, -0.2) is 4.72 Å². The molecule has 0 radical (unpaired) electrons. The van der Waals surface area contributed by atoms with E-state index in [-0.39, 0.29) is 6.10 Å². The molecule has 0 bridgehead atoms. The monoisotopic (exact) mass is 208 g/mol. The molecule has 1 atom stereocenters. The summed E-state index contributed by atoms with van der Waals surface area (Å²) in [6.07, 6.45) is 0.733. The zero-order valence-electron chi connectivity index (χ0n) is 7.99. The van der Waals surface area contributed by atoms with Crippen molar-refractivity contribution in [1.29, 1.82) is 0 Å². The SMILES string of the molecule is CNS(=O)(=O)N1CCCOC(C)C1. The van der Waals surface area contributed by atoms with Crippen LogP contribution in [0, 0.1) is 0 Å². The fourth-order valence-electron chi connectivity index (χ4n) is 1.30. The Morgan fingerprint density at radius 3 is 2.85 bits per heavy atom. The highest BCUT2D eigenvalue weighted by molar-refractivity contribution is 7.87. The predicted octanol–water partition coefficient (Wildman–Crippen LogP) is -0.439. The summed E-state index contributed by atoms with van der Waals surface area (Å²) in [6, 6.07) is 0. The molecule has 6 heteroatoms. The predicted molar refractivity (Wildman–Crippen MR) is 49.6 cm³/mol. The lowest BCUT2D eigenvalue weighted by atomic mass is 10.4. The van der Waals surface area contributed by atoms with Crippen LogP contribution in [0.15, 0.2) is 0 Å². The maximum absolute atomic E-state index is 11.4. The zero-order chi connectivity index (χ0) is 9.90. The van der Waals surface area contributed by atoms with Crippen molar-refractivity contribution in [3.05, 3.63) is 0 Å². The van der Waals surface area contributed by atoms with Crippen LogP contribution in [-0.4, -0.2) is 45.6 Å². The van der Waals surface area contributed by atoms with Gasteiger partial charge in [0, 0.05) is 26.7 Å². The molecule has 1 rings (SSSR count). The van der Waals surface area contributed by atoms with Crippen LogP contribution >= 0.6 is 0 Å². The fraction of sp³-hybridized carbons (Fsp3) is 1.00. The van der Waals surface area contributed by atoms with Gasteiger partial charge >= 0.3 is 0 Å². The van der Waals surface area contributed by atoms with E-state index < -0.39 is 10.2 Å². The van der Waals surface area contributed by atoms with Crippen molar-refractivity contribution in [3.63, 3.8) is 0 Å². The maximum atomic E-state index is 11.4. The lowest BCUT2D eigenvalue weighted by Crippen LogP contribution is -2.41. The third kappa shape index (κ3) is 2.91. The summed E-state index contributed by atoms with van der Waals surface area (Å²) in [5.74, 6) is 0. The van der Waals surface area contributed by atoms with E-state index in [1.54, 1.807) is 0 Å². The second-order valence-corrected chi connectivity index (χ2v) is 4.98.